The number of carbonyl (C=O) groups is 1. The number of aliphatic imine (C=N–C) groups is 1. The molecule has 1 aromatic heterocycles. The van der Waals surface area contributed by atoms with Crippen molar-refractivity contribution in [2.75, 3.05) is 17.7 Å². The maximum atomic E-state index is 15.2. The molecule has 3 unspecified atom stereocenters. The van der Waals surface area contributed by atoms with Gasteiger partial charge in [0.15, 0.2) is 5.17 Å². The van der Waals surface area contributed by atoms with Gasteiger partial charge in [0.25, 0.3) is 5.91 Å². The molecule has 172 valence electrons. The Labute approximate surface area is 196 Å². The number of halogens is 1. The number of benzene rings is 1. The Hall–Kier alpha value is -2.96. The average Bonchev–Trinajstić information content (AvgIpc) is 3.18. The largest absolute Gasteiger partial charge is 0.379 e. The molecule has 1 aliphatic heterocycles. The summed E-state index contributed by atoms with van der Waals surface area (Å²) >= 11 is 1.49. The number of ether oxygens (including phenoxy) is 1. The van der Waals surface area contributed by atoms with Crippen molar-refractivity contribution in [2.24, 2.45) is 16.6 Å². The number of aromatic nitrogens is 1. The number of nitrogens with two attached hydrogens (primary N) is 1. The predicted octanol–water partition coefficient (Wildman–Crippen LogP) is 4.20. The summed E-state index contributed by atoms with van der Waals surface area (Å²) in [7, 11) is 0. The molecule has 3 N–H and O–H groups in total. The summed E-state index contributed by atoms with van der Waals surface area (Å²) in [5.74, 6) is 0.00322. The summed E-state index contributed by atoms with van der Waals surface area (Å²) in [6.45, 7) is 2.79. The lowest BCUT2D eigenvalue weighted by atomic mass is 9.81. The van der Waals surface area contributed by atoms with Gasteiger partial charge in [0.05, 0.1) is 17.2 Å². The molecule has 3 atom stereocenters. The Morgan fingerprint density at radius 3 is 3.00 bits per heavy atom. The van der Waals surface area contributed by atoms with Crippen LogP contribution in [0.25, 0.3) is 0 Å². The van der Waals surface area contributed by atoms with E-state index in [1.54, 1.807) is 6.07 Å². The van der Waals surface area contributed by atoms with E-state index < -0.39 is 11.4 Å². The Balaban J connectivity index is 1.61. The van der Waals surface area contributed by atoms with Crippen LogP contribution in [0.15, 0.2) is 41.5 Å². The molecular formula is C24H26FN5O2S. The van der Waals surface area contributed by atoms with Crippen LogP contribution in [-0.2, 0) is 10.3 Å². The molecule has 0 radical (unpaired) electrons. The zero-order chi connectivity index (χ0) is 23.4. The molecule has 2 aliphatic rings. The van der Waals surface area contributed by atoms with Crippen LogP contribution < -0.4 is 11.1 Å². The second kappa shape index (κ2) is 9.89. The number of carbonyl (C=O) groups excluding carboxylic acids is 1. The van der Waals surface area contributed by atoms with E-state index in [9.17, 15) is 4.79 Å². The predicted molar refractivity (Wildman–Crippen MR) is 126 cm³/mol. The molecule has 0 bridgehead atoms. The van der Waals surface area contributed by atoms with Crippen LogP contribution in [0.5, 0.6) is 0 Å². The van der Waals surface area contributed by atoms with Gasteiger partial charge in [-0.05, 0) is 43.2 Å². The number of anilines is 1. The highest BCUT2D eigenvalue weighted by atomic mass is 32.2. The maximum Gasteiger partial charge on any atom is 0.274 e. The first kappa shape index (κ1) is 23.2. The lowest BCUT2D eigenvalue weighted by Crippen LogP contribution is -2.37. The van der Waals surface area contributed by atoms with E-state index in [0.717, 1.165) is 25.0 Å². The van der Waals surface area contributed by atoms with Crippen molar-refractivity contribution in [2.45, 2.75) is 44.2 Å². The highest BCUT2D eigenvalue weighted by Gasteiger charge is 2.52. The Morgan fingerprint density at radius 1 is 1.42 bits per heavy atom. The number of pyridine rings is 1. The number of thioether (sulfide) groups is 1. The molecule has 33 heavy (non-hydrogen) atoms. The van der Waals surface area contributed by atoms with E-state index >= 15 is 4.39 Å². The fourth-order valence-electron chi connectivity index (χ4n) is 4.50. The van der Waals surface area contributed by atoms with Crippen molar-refractivity contribution in [3.05, 3.63) is 59.2 Å². The lowest BCUT2D eigenvalue weighted by molar-refractivity contribution is 0.0513. The van der Waals surface area contributed by atoms with Crippen LogP contribution in [0.3, 0.4) is 0 Å². The summed E-state index contributed by atoms with van der Waals surface area (Å²) in [5.41, 5.74) is 6.67. The first-order valence-corrected chi connectivity index (χ1v) is 12.0. The number of hydrogen-bond acceptors (Lipinski definition) is 7. The monoisotopic (exact) mass is 467 g/mol. The number of rotatable bonds is 7. The highest BCUT2D eigenvalue weighted by Crippen LogP contribution is 2.52. The highest BCUT2D eigenvalue weighted by molar-refractivity contribution is 8.13. The van der Waals surface area contributed by atoms with Crippen LogP contribution in [0.1, 0.15) is 54.2 Å². The number of amides is 1. The van der Waals surface area contributed by atoms with Crippen molar-refractivity contribution in [1.82, 2.24) is 4.98 Å². The summed E-state index contributed by atoms with van der Waals surface area (Å²) in [6, 6.07) is 9.48. The minimum Gasteiger partial charge on any atom is -0.379 e. The van der Waals surface area contributed by atoms with Crippen molar-refractivity contribution >= 4 is 28.5 Å². The number of nitrogens with one attached hydrogen (secondary N) is 1. The van der Waals surface area contributed by atoms with Gasteiger partial charge in [-0.2, -0.15) is 5.26 Å². The van der Waals surface area contributed by atoms with Crippen molar-refractivity contribution in [3.63, 3.8) is 0 Å². The molecule has 2 heterocycles. The van der Waals surface area contributed by atoms with E-state index in [1.807, 2.05) is 6.07 Å². The molecule has 4 rings (SSSR count). The van der Waals surface area contributed by atoms with E-state index in [2.05, 4.69) is 17.2 Å². The zero-order valence-corrected chi connectivity index (χ0v) is 19.2. The van der Waals surface area contributed by atoms with Gasteiger partial charge >= 0.3 is 0 Å². The van der Waals surface area contributed by atoms with Crippen molar-refractivity contribution in [1.29, 1.82) is 5.26 Å². The third-order valence-corrected chi connectivity index (χ3v) is 7.13. The number of amidine groups is 1. The van der Waals surface area contributed by atoms with Crippen LogP contribution in [0.4, 0.5) is 10.1 Å². The Morgan fingerprint density at radius 2 is 2.27 bits per heavy atom. The summed E-state index contributed by atoms with van der Waals surface area (Å²) in [6.07, 6.45) is 4.69. The molecule has 1 aliphatic carbocycles. The first-order valence-electron chi connectivity index (χ1n) is 11.0. The molecule has 0 spiro atoms. The van der Waals surface area contributed by atoms with Crippen LogP contribution >= 0.6 is 11.8 Å². The van der Waals surface area contributed by atoms with Gasteiger partial charge in [0, 0.05) is 42.1 Å². The molecule has 1 fully saturated rings. The van der Waals surface area contributed by atoms with Crippen LogP contribution in [-0.4, -0.2) is 34.5 Å². The second-order valence-corrected chi connectivity index (χ2v) is 9.40. The first-order chi connectivity index (χ1) is 15.9. The standard InChI is InChI=1S/C24H26FN5O2S/c1-2-3-8-32-18-9-16-14-33-23(27)30-24(16,11-18)19-10-17(5-6-20(19)25)29-22(31)21-7-4-15(12-26)13-28-21/h4-7,10,13,16,18H,2-3,8-9,11,14H2,1H3,(H2,27,30)(H,29,31). The fourth-order valence-corrected chi connectivity index (χ4v) is 5.51. The third kappa shape index (κ3) is 4.87. The van der Waals surface area contributed by atoms with E-state index in [4.69, 9.17) is 20.7 Å². The maximum absolute atomic E-state index is 15.2. The Kier molecular flexibility index (Phi) is 6.96. The normalized spacial score (nSPS) is 24.0. The minimum absolute atomic E-state index is 0.0164. The van der Waals surface area contributed by atoms with E-state index in [1.165, 1.54) is 42.2 Å². The smallest absolute Gasteiger partial charge is 0.274 e. The summed E-state index contributed by atoms with van der Waals surface area (Å²) in [4.78, 5) is 21.4. The Bertz CT molecular complexity index is 1100. The molecule has 1 aromatic carbocycles. The molecule has 9 heteroatoms. The quantitative estimate of drug-likeness (QED) is 0.590. The number of unbranched alkanes of at least 4 members (excludes halogenated alkanes) is 1. The number of nitrogens with zero attached hydrogens (tertiary/aromatic N) is 3. The molecule has 1 amide bonds. The molecule has 0 saturated heterocycles. The van der Waals surface area contributed by atoms with Gasteiger partial charge in [-0.15, -0.1) is 0 Å². The van der Waals surface area contributed by atoms with Crippen molar-refractivity contribution in [3.8, 4) is 6.07 Å². The molecule has 7 nitrogen and oxygen atoms in total. The molecule has 2 aromatic rings. The fraction of sp³-hybridized carbons (Fsp3) is 0.417. The van der Waals surface area contributed by atoms with Gasteiger partial charge in [-0.25, -0.2) is 9.37 Å². The van der Waals surface area contributed by atoms with E-state index in [-0.39, 0.29) is 23.5 Å². The lowest BCUT2D eigenvalue weighted by Gasteiger charge is -2.36. The zero-order valence-electron chi connectivity index (χ0n) is 18.4. The number of fused-ring (bicyclic) bond motifs is 1. The van der Waals surface area contributed by atoms with Crippen LogP contribution in [0, 0.1) is 23.1 Å². The number of nitriles is 1. The van der Waals surface area contributed by atoms with Gasteiger partial charge in [0.2, 0.25) is 0 Å². The molecular weight excluding hydrogens is 441 g/mol. The van der Waals surface area contributed by atoms with Gasteiger partial charge in [-0.3, -0.25) is 9.79 Å². The third-order valence-electron chi connectivity index (χ3n) is 6.17. The van der Waals surface area contributed by atoms with Crippen LogP contribution in [0.2, 0.25) is 0 Å². The second-order valence-electron chi connectivity index (χ2n) is 8.36. The molecule has 1 saturated carbocycles. The number of hydrogen-bond donors (Lipinski definition) is 2. The minimum atomic E-state index is -0.816. The van der Waals surface area contributed by atoms with Gasteiger partial charge < -0.3 is 15.8 Å². The van der Waals surface area contributed by atoms with Crippen molar-refractivity contribution < 1.29 is 13.9 Å². The van der Waals surface area contributed by atoms with Gasteiger partial charge in [-0.1, -0.05) is 25.1 Å². The topological polar surface area (TPSA) is 113 Å². The van der Waals surface area contributed by atoms with E-state index in [0.29, 0.717) is 35.0 Å². The average molecular weight is 468 g/mol. The summed E-state index contributed by atoms with van der Waals surface area (Å²) < 4.78 is 21.3. The SMILES string of the molecule is CCCCOC1CC2CSC(N)=NC2(c2cc(NC(=O)c3ccc(C#N)cn3)ccc2F)C1. The van der Waals surface area contributed by atoms with Gasteiger partial charge in [0.1, 0.15) is 17.6 Å². The summed E-state index contributed by atoms with van der Waals surface area (Å²) in [5, 5.41) is 12.1.